The van der Waals surface area contributed by atoms with Gasteiger partial charge < -0.3 is 9.47 Å². The van der Waals surface area contributed by atoms with Crippen LogP contribution in [0.5, 0.6) is 11.5 Å². The van der Waals surface area contributed by atoms with E-state index in [0.717, 1.165) is 60.1 Å². The van der Waals surface area contributed by atoms with Gasteiger partial charge in [0.05, 0.1) is 14.2 Å². The van der Waals surface area contributed by atoms with Crippen LogP contribution in [-0.2, 0) is 13.0 Å². The van der Waals surface area contributed by atoms with Gasteiger partial charge in [-0.05, 0) is 32.4 Å². The van der Waals surface area contributed by atoms with E-state index in [1.807, 2.05) is 32.0 Å². The summed E-state index contributed by atoms with van der Waals surface area (Å²) in [6.07, 6.45) is 1.72. The number of benzene rings is 1. The molecule has 1 unspecified atom stereocenters. The molecule has 2 aromatic heterocycles. The van der Waals surface area contributed by atoms with Gasteiger partial charge in [-0.3, -0.25) is 14.8 Å². The third-order valence-corrected chi connectivity index (χ3v) is 5.88. The lowest BCUT2D eigenvalue weighted by Crippen LogP contribution is -2.22. The van der Waals surface area contributed by atoms with Crippen molar-refractivity contribution in [3.63, 3.8) is 0 Å². The van der Waals surface area contributed by atoms with Crippen LogP contribution in [0.25, 0.3) is 5.65 Å². The number of hydrogen-bond donors (Lipinski definition) is 1. The van der Waals surface area contributed by atoms with Crippen molar-refractivity contribution in [2.75, 3.05) is 27.3 Å². The highest BCUT2D eigenvalue weighted by atomic mass is 16.5. The van der Waals surface area contributed by atoms with Gasteiger partial charge in [0.2, 0.25) is 0 Å². The molecule has 7 nitrogen and oxygen atoms in total. The topological polar surface area (TPSA) is 71.9 Å². The molecule has 0 amide bonds. The first-order chi connectivity index (χ1) is 14.0. The monoisotopic (exact) mass is 396 g/mol. The third kappa shape index (κ3) is 3.51. The molecule has 154 valence electrons. The van der Waals surface area contributed by atoms with Crippen LogP contribution in [0.15, 0.2) is 29.1 Å². The molecule has 0 bridgehead atoms. The normalized spacial score (nSPS) is 17.2. The van der Waals surface area contributed by atoms with E-state index in [9.17, 15) is 4.79 Å². The van der Waals surface area contributed by atoms with E-state index in [1.165, 1.54) is 0 Å². The van der Waals surface area contributed by atoms with E-state index < -0.39 is 0 Å². The van der Waals surface area contributed by atoms with Crippen molar-refractivity contribution >= 4 is 5.65 Å². The van der Waals surface area contributed by atoms with Gasteiger partial charge in [-0.2, -0.15) is 0 Å². The van der Waals surface area contributed by atoms with Gasteiger partial charge in [0.25, 0.3) is 5.56 Å². The minimum Gasteiger partial charge on any atom is -0.493 e. The Bertz CT molecular complexity index is 1090. The van der Waals surface area contributed by atoms with Crippen LogP contribution in [0, 0.1) is 6.92 Å². The fraction of sp³-hybridized carbons (Fsp3) is 0.455. The summed E-state index contributed by atoms with van der Waals surface area (Å²) in [6.45, 7) is 6.60. The second-order valence-electron chi connectivity index (χ2n) is 7.61. The molecule has 1 saturated heterocycles. The lowest BCUT2D eigenvalue weighted by atomic mass is 10.1. The average molecular weight is 396 g/mol. The van der Waals surface area contributed by atoms with Gasteiger partial charge in [-0.25, -0.2) is 9.50 Å². The highest BCUT2D eigenvalue weighted by Crippen LogP contribution is 2.34. The van der Waals surface area contributed by atoms with Crippen LogP contribution in [-0.4, -0.2) is 46.8 Å². The Balaban J connectivity index is 1.55. The number of H-pyrrole nitrogens is 1. The van der Waals surface area contributed by atoms with Crippen molar-refractivity contribution in [3.05, 3.63) is 57.1 Å². The van der Waals surface area contributed by atoms with Gasteiger partial charge >= 0.3 is 0 Å². The number of likely N-dealkylation sites (tertiary alicyclic amines) is 1. The fourth-order valence-corrected chi connectivity index (χ4v) is 4.35. The number of para-hydroxylation sites is 1. The zero-order valence-electron chi connectivity index (χ0n) is 17.5. The largest absolute Gasteiger partial charge is 0.493 e. The average Bonchev–Trinajstić information content (AvgIpc) is 3.35. The summed E-state index contributed by atoms with van der Waals surface area (Å²) in [7, 11) is 3.33. The van der Waals surface area contributed by atoms with E-state index in [-0.39, 0.29) is 5.56 Å². The summed E-state index contributed by atoms with van der Waals surface area (Å²) < 4.78 is 12.6. The molecule has 0 radical (unpaired) electrons. The van der Waals surface area contributed by atoms with Crippen molar-refractivity contribution in [1.29, 1.82) is 0 Å². The number of hydrogen-bond acceptors (Lipinski definition) is 5. The highest BCUT2D eigenvalue weighted by molar-refractivity contribution is 5.47. The van der Waals surface area contributed by atoms with Crippen LogP contribution in [0.4, 0.5) is 0 Å². The van der Waals surface area contributed by atoms with Crippen LogP contribution in [0.2, 0.25) is 0 Å². The Hall–Kier alpha value is -2.80. The lowest BCUT2D eigenvalue weighted by molar-refractivity contribution is 0.308. The minimum absolute atomic E-state index is 0.0113. The number of nitrogens with one attached hydrogen (secondary N) is 1. The Morgan fingerprint density at radius 2 is 2.10 bits per heavy atom. The summed E-state index contributed by atoms with van der Waals surface area (Å²) >= 11 is 0. The van der Waals surface area contributed by atoms with Gasteiger partial charge in [0.15, 0.2) is 17.1 Å². The van der Waals surface area contributed by atoms with E-state index in [0.29, 0.717) is 18.0 Å². The summed E-state index contributed by atoms with van der Waals surface area (Å²) in [6, 6.07) is 8.01. The van der Waals surface area contributed by atoms with Gasteiger partial charge in [-0.15, -0.1) is 0 Å². The summed E-state index contributed by atoms with van der Waals surface area (Å²) in [5.74, 6) is 1.89. The predicted molar refractivity (Wildman–Crippen MR) is 112 cm³/mol. The summed E-state index contributed by atoms with van der Waals surface area (Å²) in [5, 5.41) is 3.30. The Morgan fingerprint density at radius 3 is 2.83 bits per heavy atom. The zero-order valence-corrected chi connectivity index (χ0v) is 17.5. The number of nitrogens with zero attached hydrogens (tertiary/aromatic N) is 3. The van der Waals surface area contributed by atoms with E-state index >= 15 is 0 Å². The smallest absolute Gasteiger partial charge is 0.276 e. The molecule has 1 N–H and O–H groups in total. The van der Waals surface area contributed by atoms with Crippen LogP contribution in [0.3, 0.4) is 0 Å². The van der Waals surface area contributed by atoms with Crippen LogP contribution in [0.1, 0.15) is 41.8 Å². The molecular formula is C22H28N4O3. The summed E-state index contributed by atoms with van der Waals surface area (Å²) in [5.41, 5.74) is 4.49. The number of methoxy groups -OCH3 is 2. The van der Waals surface area contributed by atoms with Crippen LogP contribution < -0.4 is 15.0 Å². The van der Waals surface area contributed by atoms with Crippen molar-refractivity contribution in [2.24, 2.45) is 0 Å². The number of aromatic nitrogens is 3. The molecule has 4 rings (SSSR count). The third-order valence-electron chi connectivity index (χ3n) is 5.88. The molecule has 0 aliphatic carbocycles. The molecule has 0 saturated carbocycles. The second-order valence-corrected chi connectivity index (χ2v) is 7.61. The fourth-order valence-electron chi connectivity index (χ4n) is 4.35. The van der Waals surface area contributed by atoms with Crippen molar-refractivity contribution in [3.8, 4) is 11.5 Å². The van der Waals surface area contributed by atoms with E-state index in [4.69, 9.17) is 9.47 Å². The Labute approximate surface area is 170 Å². The molecule has 29 heavy (non-hydrogen) atoms. The Kier molecular flexibility index (Phi) is 5.32. The van der Waals surface area contributed by atoms with E-state index in [2.05, 4.69) is 21.0 Å². The van der Waals surface area contributed by atoms with Crippen molar-refractivity contribution in [2.45, 2.75) is 39.2 Å². The maximum atomic E-state index is 12.7. The van der Waals surface area contributed by atoms with Gasteiger partial charge in [0, 0.05) is 47.6 Å². The zero-order chi connectivity index (χ0) is 20.5. The summed E-state index contributed by atoms with van der Waals surface area (Å²) in [4.78, 5) is 19.7. The maximum Gasteiger partial charge on any atom is 0.276 e. The molecule has 0 spiro atoms. The van der Waals surface area contributed by atoms with Crippen molar-refractivity contribution in [1.82, 2.24) is 19.5 Å². The van der Waals surface area contributed by atoms with Gasteiger partial charge in [0.1, 0.15) is 0 Å². The van der Waals surface area contributed by atoms with E-state index in [1.54, 1.807) is 18.7 Å². The minimum atomic E-state index is 0.0113. The lowest BCUT2D eigenvalue weighted by Gasteiger charge is -2.19. The molecule has 7 heteroatoms. The number of rotatable bonds is 6. The molecule has 1 aliphatic rings. The molecule has 3 heterocycles. The van der Waals surface area contributed by atoms with Gasteiger partial charge in [-0.1, -0.05) is 19.1 Å². The SMILES string of the molecule is CCc1c(C)nc2cc(C3CCN(Cc4cccc(OC)c4OC)C3)[nH]n2c1=O. The molecule has 1 atom stereocenters. The number of aromatic amines is 1. The highest BCUT2D eigenvalue weighted by Gasteiger charge is 2.27. The number of fused-ring (bicyclic) bond motifs is 1. The molecule has 3 aromatic rings. The second kappa shape index (κ2) is 7.91. The number of ether oxygens (including phenoxy) is 2. The first kappa shape index (κ1) is 19.5. The molecule has 1 aliphatic heterocycles. The first-order valence-corrected chi connectivity index (χ1v) is 10.1. The predicted octanol–water partition coefficient (Wildman–Crippen LogP) is 2.90. The molecular weight excluding hydrogens is 368 g/mol. The molecule has 1 aromatic carbocycles. The number of aryl methyl sites for hydroxylation is 1. The van der Waals surface area contributed by atoms with Crippen molar-refractivity contribution < 1.29 is 9.47 Å². The standard InChI is InChI=1S/C22H28N4O3/c1-5-17-14(2)23-20-11-18(24-26(20)22(17)27)15-9-10-25(12-15)13-16-7-6-8-19(28-3)21(16)29-4/h6-8,11,15,24H,5,9-10,12-13H2,1-4H3. The maximum absolute atomic E-state index is 12.7. The Morgan fingerprint density at radius 1 is 1.28 bits per heavy atom. The quantitative estimate of drug-likeness (QED) is 0.694. The molecule has 1 fully saturated rings. The van der Waals surface area contributed by atoms with Crippen LogP contribution >= 0.6 is 0 Å². The first-order valence-electron chi connectivity index (χ1n) is 10.1.